The molecule has 0 aromatic heterocycles. The number of aliphatic imine (C=N–C) groups is 1. The highest BCUT2D eigenvalue weighted by Crippen LogP contribution is 2.20. The Morgan fingerprint density at radius 2 is 1.75 bits per heavy atom. The lowest BCUT2D eigenvalue weighted by atomic mass is 10.2. The average molecular weight is 560 g/mol. The van der Waals surface area contributed by atoms with Gasteiger partial charge >= 0.3 is 6.18 Å². The summed E-state index contributed by atoms with van der Waals surface area (Å²) in [4.78, 5) is 6.94. The second-order valence-corrected chi connectivity index (χ2v) is 7.14. The zero-order chi connectivity index (χ0) is 22.1. The summed E-state index contributed by atoms with van der Waals surface area (Å²) in [5.41, 5.74) is 3.21. The summed E-state index contributed by atoms with van der Waals surface area (Å²) in [6, 6.07) is 14.9. The number of alkyl halides is 3. The number of ether oxygens (including phenoxy) is 1. The topological polar surface area (TPSA) is 48.9 Å². The molecule has 0 bridgehead atoms. The first-order valence-electron chi connectivity index (χ1n) is 10.2. The third-order valence-electron chi connectivity index (χ3n) is 4.64. The van der Waals surface area contributed by atoms with E-state index in [0.29, 0.717) is 19.0 Å². The summed E-state index contributed by atoms with van der Waals surface area (Å²) in [6.07, 6.45) is -0.0255. The fourth-order valence-corrected chi connectivity index (χ4v) is 3.11. The Hall–Kier alpha value is -2.43. The van der Waals surface area contributed by atoms with E-state index in [2.05, 4.69) is 50.9 Å². The van der Waals surface area contributed by atoms with E-state index in [1.54, 1.807) is 12.1 Å². The lowest BCUT2D eigenvalue weighted by Crippen LogP contribution is -2.36. The SMILES string of the molecule is CCNC(=NCc1cccc(N2CC=CC2)c1)NCc1ccc(OCC(F)(F)F)cc1.I. The van der Waals surface area contributed by atoms with Crippen molar-refractivity contribution in [2.45, 2.75) is 26.2 Å². The van der Waals surface area contributed by atoms with Gasteiger partial charge in [0.2, 0.25) is 0 Å². The highest BCUT2D eigenvalue weighted by atomic mass is 127. The first-order valence-corrected chi connectivity index (χ1v) is 10.2. The smallest absolute Gasteiger partial charge is 0.422 e. The molecule has 0 fully saturated rings. The van der Waals surface area contributed by atoms with Crippen LogP contribution < -0.4 is 20.3 Å². The van der Waals surface area contributed by atoms with Gasteiger partial charge in [-0.25, -0.2) is 4.99 Å². The maximum atomic E-state index is 12.2. The minimum atomic E-state index is -4.34. The Labute approximate surface area is 203 Å². The number of halogens is 4. The fraction of sp³-hybridized carbons (Fsp3) is 0.348. The molecule has 0 radical (unpaired) electrons. The van der Waals surface area contributed by atoms with Crippen LogP contribution in [0.15, 0.2) is 65.7 Å². The minimum Gasteiger partial charge on any atom is -0.484 e. The van der Waals surface area contributed by atoms with E-state index < -0.39 is 12.8 Å². The van der Waals surface area contributed by atoms with Gasteiger partial charge in [0.1, 0.15) is 5.75 Å². The van der Waals surface area contributed by atoms with E-state index in [1.165, 1.54) is 17.8 Å². The van der Waals surface area contributed by atoms with Gasteiger partial charge in [-0.1, -0.05) is 36.4 Å². The van der Waals surface area contributed by atoms with Crippen LogP contribution in [0.3, 0.4) is 0 Å². The number of anilines is 1. The summed E-state index contributed by atoms with van der Waals surface area (Å²) in [5.74, 6) is 0.864. The second kappa shape index (κ2) is 12.6. The third-order valence-corrected chi connectivity index (χ3v) is 4.64. The Morgan fingerprint density at radius 1 is 1.03 bits per heavy atom. The standard InChI is InChI=1S/C23H27F3N4O.HI/c1-2-27-22(28-15-18-8-10-21(11-9-18)31-17-23(24,25)26)29-16-19-6-5-7-20(14-19)30-12-3-4-13-30;/h3-11,14H,2,12-13,15-17H2,1H3,(H2,27,28,29);1H. The van der Waals surface area contributed by atoms with Crippen LogP contribution in [0.1, 0.15) is 18.1 Å². The molecule has 3 rings (SSSR count). The first kappa shape index (κ1) is 25.8. The van der Waals surface area contributed by atoms with Crippen molar-refractivity contribution in [2.75, 3.05) is 31.1 Å². The van der Waals surface area contributed by atoms with Crippen LogP contribution >= 0.6 is 24.0 Å². The molecule has 9 heteroatoms. The summed E-state index contributed by atoms with van der Waals surface area (Å²) in [5, 5.41) is 6.46. The van der Waals surface area contributed by atoms with Crippen LogP contribution in [0.4, 0.5) is 18.9 Å². The van der Waals surface area contributed by atoms with Crippen molar-refractivity contribution in [3.63, 3.8) is 0 Å². The van der Waals surface area contributed by atoms with Gasteiger partial charge in [-0.05, 0) is 42.3 Å². The highest BCUT2D eigenvalue weighted by Gasteiger charge is 2.28. The lowest BCUT2D eigenvalue weighted by molar-refractivity contribution is -0.153. The van der Waals surface area contributed by atoms with Gasteiger partial charge < -0.3 is 20.3 Å². The third kappa shape index (κ3) is 8.60. The first-order chi connectivity index (χ1) is 14.9. The van der Waals surface area contributed by atoms with Crippen molar-refractivity contribution in [1.29, 1.82) is 0 Å². The molecule has 0 saturated heterocycles. The lowest BCUT2D eigenvalue weighted by Gasteiger charge is -2.18. The Bertz CT molecular complexity index is 893. The van der Waals surface area contributed by atoms with Crippen molar-refractivity contribution < 1.29 is 17.9 Å². The zero-order valence-electron chi connectivity index (χ0n) is 17.9. The van der Waals surface area contributed by atoms with Gasteiger partial charge in [0.25, 0.3) is 0 Å². The van der Waals surface area contributed by atoms with Gasteiger partial charge in [0.15, 0.2) is 12.6 Å². The number of nitrogens with one attached hydrogen (secondary N) is 2. The molecule has 2 aromatic carbocycles. The molecule has 32 heavy (non-hydrogen) atoms. The number of benzene rings is 2. The van der Waals surface area contributed by atoms with E-state index in [0.717, 1.165) is 30.8 Å². The summed E-state index contributed by atoms with van der Waals surface area (Å²) < 4.78 is 41.4. The Morgan fingerprint density at radius 3 is 2.41 bits per heavy atom. The molecule has 0 spiro atoms. The number of nitrogens with zero attached hydrogens (tertiary/aromatic N) is 2. The maximum absolute atomic E-state index is 12.2. The normalized spacial score (nSPS) is 13.6. The molecule has 1 aliphatic heterocycles. The van der Waals surface area contributed by atoms with Crippen LogP contribution in [-0.2, 0) is 13.1 Å². The minimum absolute atomic E-state index is 0. The summed E-state index contributed by atoms with van der Waals surface area (Å²) in [7, 11) is 0. The van der Waals surface area contributed by atoms with Gasteiger partial charge in [0, 0.05) is 31.9 Å². The molecule has 0 amide bonds. The van der Waals surface area contributed by atoms with Crippen molar-refractivity contribution in [3.05, 3.63) is 71.8 Å². The van der Waals surface area contributed by atoms with E-state index in [9.17, 15) is 13.2 Å². The molecule has 0 atom stereocenters. The summed E-state index contributed by atoms with van der Waals surface area (Å²) in [6.45, 7) is 4.30. The number of hydrogen-bond acceptors (Lipinski definition) is 3. The van der Waals surface area contributed by atoms with Crippen molar-refractivity contribution in [2.24, 2.45) is 4.99 Å². The quantitative estimate of drug-likeness (QED) is 0.209. The van der Waals surface area contributed by atoms with Crippen molar-refractivity contribution in [1.82, 2.24) is 10.6 Å². The number of hydrogen-bond donors (Lipinski definition) is 2. The Balaban J connectivity index is 0.00000363. The second-order valence-electron chi connectivity index (χ2n) is 7.14. The molecular weight excluding hydrogens is 532 g/mol. The highest BCUT2D eigenvalue weighted by molar-refractivity contribution is 14.0. The molecule has 0 aliphatic carbocycles. The molecule has 5 nitrogen and oxygen atoms in total. The van der Waals surface area contributed by atoms with E-state index in [-0.39, 0.29) is 29.7 Å². The van der Waals surface area contributed by atoms with Crippen LogP contribution in [-0.4, -0.2) is 38.4 Å². The molecule has 2 aromatic rings. The number of guanidine groups is 1. The van der Waals surface area contributed by atoms with E-state index >= 15 is 0 Å². The van der Waals surface area contributed by atoms with Crippen molar-refractivity contribution in [3.8, 4) is 5.75 Å². The summed E-state index contributed by atoms with van der Waals surface area (Å²) >= 11 is 0. The van der Waals surface area contributed by atoms with Crippen LogP contribution in [0, 0.1) is 0 Å². The maximum Gasteiger partial charge on any atom is 0.422 e. The van der Waals surface area contributed by atoms with Gasteiger partial charge in [0.05, 0.1) is 6.54 Å². The zero-order valence-corrected chi connectivity index (χ0v) is 20.2. The van der Waals surface area contributed by atoms with Gasteiger partial charge in [-0.15, -0.1) is 24.0 Å². The molecule has 1 heterocycles. The van der Waals surface area contributed by atoms with Crippen LogP contribution in [0.2, 0.25) is 0 Å². The van der Waals surface area contributed by atoms with Crippen LogP contribution in [0.5, 0.6) is 5.75 Å². The predicted octanol–water partition coefficient (Wildman–Crippen LogP) is 4.88. The van der Waals surface area contributed by atoms with Gasteiger partial charge in [-0.3, -0.25) is 0 Å². The molecular formula is C23H28F3IN4O. The fourth-order valence-electron chi connectivity index (χ4n) is 3.11. The predicted molar refractivity (Wildman–Crippen MR) is 133 cm³/mol. The van der Waals surface area contributed by atoms with E-state index in [1.807, 2.05) is 13.0 Å². The number of rotatable bonds is 8. The average Bonchev–Trinajstić information content (AvgIpc) is 3.30. The van der Waals surface area contributed by atoms with Gasteiger partial charge in [-0.2, -0.15) is 13.2 Å². The molecule has 0 unspecified atom stereocenters. The molecule has 2 N–H and O–H groups in total. The Kier molecular flexibility index (Phi) is 10.1. The molecule has 174 valence electrons. The van der Waals surface area contributed by atoms with E-state index in [4.69, 9.17) is 4.74 Å². The largest absolute Gasteiger partial charge is 0.484 e. The molecule has 1 aliphatic rings. The molecule has 0 saturated carbocycles. The van der Waals surface area contributed by atoms with Crippen molar-refractivity contribution >= 4 is 35.6 Å². The van der Waals surface area contributed by atoms with Crippen LogP contribution in [0.25, 0.3) is 0 Å². The monoisotopic (exact) mass is 560 g/mol.